The van der Waals surface area contributed by atoms with E-state index in [0.29, 0.717) is 0 Å². The Morgan fingerprint density at radius 2 is 2.25 bits per heavy atom. The first-order chi connectivity index (χ1) is 5.90. The number of aromatic nitrogens is 1. The minimum Gasteiger partial charge on any atom is -0.361 e. The van der Waals surface area contributed by atoms with Crippen molar-refractivity contribution in [1.82, 2.24) is 4.98 Å². The minimum atomic E-state index is 1.15. The highest BCUT2D eigenvalue weighted by Crippen LogP contribution is 2.19. The molecule has 0 aliphatic heterocycles. The number of H-pyrrole nitrogens is 1. The second-order valence-electron chi connectivity index (χ2n) is 2.59. The number of nitrogens with one attached hydrogen (secondary N) is 2. The van der Waals surface area contributed by atoms with E-state index in [9.17, 15) is 0 Å². The van der Waals surface area contributed by atoms with Crippen LogP contribution in [0.3, 0.4) is 0 Å². The van der Waals surface area contributed by atoms with Gasteiger partial charge in [-0.1, -0.05) is 11.9 Å². The maximum Gasteiger partial charge on any atom is 0.0455 e. The first kappa shape index (κ1) is 7.55. The number of benzene rings is 1. The van der Waals surface area contributed by atoms with Gasteiger partial charge in [0, 0.05) is 29.0 Å². The average molecular weight is 178 g/mol. The third-order valence-corrected chi connectivity index (χ3v) is 2.21. The van der Waals surface area contributed by atoms with Crippen LogP contribution in [0.25, 0.3) is 10.9 Å². The molecule has 12 heavy (non-hydrogen) atoms. The smallest absolute Gasteiger partial charge is 0.0455 e. The first-order valence-corrected chi connectivity index (χ1v) is 4.99. The number of hydrogen-bond acceptors (Lipinski definition) is 2. The zero-order valence-corrected chi connectivity index (χ0v) is 7.61. The van der Waals surface area contributed by atoms with Crippen molar-refractivity contribution < 1.29 is 0 Å². The van der Waals surface area contributed by atoms with Crippen LogP contribution in [0.1, 0.15) is 0 Å². The summed E-state index contributed by atoms with van der Waals surface area (Å²) < 4.78 is 3.19. The van der Waals surface area contributed by atoms with Crippen LogP contribution in [0, 0.1) is 0 Å². The summed E-state index contributed by atoms with van der Waals surface area (Å²) >= 11 is 1.61. The number of fused-ring (bicyclic) bond motifs is 1. The predicted octanol–water partition coefficient (Wildman–Crippen LogP) is 2.86. The van der Waals surface area contributed by atoms with Crippen LogP contribution in [-0.2, 0) is 0 Å². The molecule has 62 valence electrons. The van der Waals surface area contributed by atoms with Gasteiger partial charge in [0.15, 0.2) is 0 Å². The fourth-order valence-corrected chi connectivity index (χ4v) is 1.60. The Balaban J connectivity index is 2.46. The number of aromatic amines is 1. The quantitative estimate of drug-likeness (QED) is 0.692. The Morgan fingerprint density at radius 1 is 1.33 bits per heavy atom. The molecule has 0 bridgehead atoms. The topological polar surface area (TPSA) is 27.8 Å². The van der Waals surface area contributed by atoms with Gasteiger partial charge in [0.1, 0.15) is 0 Å². The molecule has 0 unspecified atom stereocenters. The van der Waals surface area contributed by atoms with E-state index in [1.807, 2.05) is 12.5 Å². The highest BCUT2D eigenvalue weighted by molar-refractivity contribution is 7.99. The van der Waals surface area contributed by atoms with E-state index in [1.165, 1.54) is 10.9 Å². The molecule has 0 atom stereocenters. The Morgan fingerprint density at radius 3 is 3.08 bits per heavy atom. The molecule has 2 rings (SSSR count). The largest absolute Gasteiger partial charge is 0.361 e. The van der Waals surface area contributed by atoms with E-state index in [1.54, 1.807) is 11.9 Å². The van der Waals surface area contributed by atoms with Gasteiger partial charge in [-0.05, 0) is 24.3 Å². The molecule has 1 heterocycles. The Hall–Kier alpha value is -1.09. The van der Waals surface area contributed by atoms with Crippen LogP contribution < -0.4 is 4.72 Å². The maximum atomic E-state index is 3.19. The zero-order chi connectivity index (χ0) is 8.39. The molecule has 2 N–H and O–H groups in total. The van der Waals surface area contributed by atoms with Gasteiger partial charge in [0.2, 0.25) is 0 Å². The third-order valence-electron chi connectivity index (χ3n) is 1.77. The van der Waals surface area contributed by atoms with E-state index in [0.717, 1.165) is 5.69 Å². The van der Waals surface area contributed by atoms with Crippen molar-refractivity contribution in [2.24, 2.45) is 0 Å². The van der Waals surface area contributed by atoms with Crippen LogP contribution in [0.4, 0.5) is 5.69 Å². The van der Waals surface area contributed by atoms with Crippen molar-refractivity contribution in [2.75, 3.05) is 11.0 Å². The van der Waals surface area contributed by atoms with Crippen LogP contribution in [0.15, 0.2) is 30.5 Å². The van der Waals surface area contributed by atoms with Crippen molar-refractivity contribution in [3.63, 3.8) is 0 Å². The molecule has 0 amide bonds. The van der Waals surface area contributed by atoms with Gasteiger partial charge in [-0.15, -0.1) is 0 Å². The van der Waals surface area contributed by atoms with E-state index < -0.39 is 0 Å². The summed E-state index contributed by atoms with van der Waals surface area (Å²) in [5, 5.41) is 1.24. The average Bonchev–Trinajstić information content (AvgIpc) is 2.51. The molecule has 0 spiro atoms. The number of rotatable bonds is 2. The highest BCUT2D eigenvalue weighted by Gasteiger charge is 1.94. The van der Waals surface area contributed by atoms with Gasteiger partial charge < -0.3 is 9.71 Å². The van der Waals surface area contributed by atoms with E-state index in [4.69, 9.17) is 0 Å². The Labute approximate surface area is 75.5 Å². The molecule has 0 aliphatic carbocycles. The molecule has 3 heteroatoms. The maximum absolute atomic E-state index is 3.19. The predicted molar refractivity (Wildman–Crippen MR) is 55.4 cm³/mol. The molecule has 1 aromatic heterocycles. The molecule has 0 saturated heterocycles. The van der Waals surface area contributed by atoms with Crippen LogP contribution in [-0.4, -0.2) is 11.2 Å². The molecule has 0 saturated carbocycles. The Kier molecular flexibility index (Phi) is 1.96. The summed E-state index contributed by atoms with van der Waals surface area (Å²) in [5.74, 6) is 0. The molecule has 0 fully saturated rings. The van der Waals surface area contributed by atoms with Crippen molar-refractivity contribution in [3.8, 4) is 0 Å². The SMILES string of the molecule is CSNc1ccc2[nH]ccc2c1. The highest BCUT2D eigenvalue weighted by atomic mass is 32.2. The van der Waals surface area contributed by atoms with Crippen molar-refractivity contribution in [2.45, 2.75) is 0 Å². The van der Waals surface area contributed by atoms with Gasteiger partial charge in [0.25, 0.3) is 0 Å². The summed E-state index contributed by atoms with van der Waals surface area (Å²) in [6, 6.07) is 8.34. The number of hydrogen-bond donors (Lipinski definition) is 2. The lowest BCUT2D eigenvalue weighted by Gasteiger charge is -2.00. The summed E-state index contributed by atoms with van der Waals surface area (Å²) in [5.41, 5.74) is 2.33. The van der Waals surface area contributed by atoms with E-state index >= 15 is 0 Å². The molecule has 2 nitrogen and oxygen atoms in total. The molecule has 1 aromatic carbocycles. The molecule has 2 aromatic rings. The summed E-state index contributed by atoms with van der Waals surface area (Å²) in [7, 11) is 0. The van der Waals surface area contributed by atoms with Crippen LogP contribution >= 0.6 is 11.9 Å². The molecular weight excluding hydrogens is 168 g/mol. The zero-order valence-electron chi connectivity index (χ0n) is 6.79. The number of anilines is 1. The summed E-state index contributed by atoms with van der Waals surface area (Å²) in [4.78, 5) is 3.15. The summed E-state index contributed by atoms with van der Waals surface area (Å²) in [6.45, 7) is 0. The fourth-order valence-electron chi connectivity index (χ4n) is 1.23. The third kappa shape index (κ3) is 1.28. The minimum absolute atomic E-state index is 1.15. The molecular formula is C9H10N2S. The van der Waals surface area contributed by atoms with Crippen molar-refractivity contribution in [1.29, 1.82) is 0 Å². The van der Waals surface area contributed by atoms with Gasteiger partial charge >= 0.3 is 0 Å². The second kappa shape index (κ2) is 3.11. The normalized spacial score (nSPS) is 10.4. The van der Waals surface area contributed by atoms with Gasteiger partial charge in [-0.2, -0.15) is 0 Å². The lowest BCUT2D eigenvalue weighted by Crippen LogP contribution is -1.82. The Bertz CT molecular complexity index is 381. The van der Waals surface area contributed by atoms with Gasteiger partial charge in [0.05, 0.1) is 0 Å². The van der Waals surface area contributed by atoms with Crippen molar-refractivity contribution in [3.05, 3.63) is 30.5 Å². The monoisotopic (exact) mass is 178 g/mol. The molecule has 0 aliphatic rings. The van der Waals surface area contributed by atoms with Gasteiger partial charge in [-0.3, -0.25) is 0 Å². The summed E-state index contributed by atoms with van der Waals surface area (Å²) in [6.07, 6.45) is 3.97. The first-order valence-electron chi connectivity index (χ1n) is 3.76. The van der Waals surface area contributed by atoms with Crippen LogP contribution in [0.5, 0.6) is 0 Å². The van der Waals surface area contributed by atoms with Gasteiger partial charge in [-0.25, -0.2) is 0 Å². The van der Waals surface area contributed by atoms with Crippen molar-refractivity contribution >= 4 is 28.5 Å². The fraction of sp³-hybridized carbons (Fsp3) is 0.111. The lowest BCUT2D eigenvalue weighted by molar-refractivity contribution is 1.48. The van der Waals surface area contributed by atoms with Crippen LogP contribution in [0.2, 0.25) is 0 Å². The van der Waals surface area contributed by atoms with E-state index in [2.05, 4.69) is 34.0 Å². The lowest BCUT2D eigenvalue weighted by atomic mass is 10.2. The molecule has 0 radical (unpaired) electrons. The second-order valence-corrected chi connectivity index (χ2v) is 3.20. The standard InChI is InChI=1S/C9H10N2S/c1-12-11-8-2-3-9-7(6-8)4-5-10-9/h2-6,10-11H,1H3. The van der Waals surface area contributed by atoms with E-state index in [-0.39, 0.29) is 0 Å².